The average Bonchev–Trinajstić information content (AvgIpc) is 2.69. The number of amides is 1. The van der Waals surface area contributed by atoms with Gasteiger partial charge in [-0.2, -0.15) is 0 Å². The number of nitrogens with zero attached hydrogens (tertiary/aromatic N) is 1. The first-order valence-electron chi connectivity index (χ1n) is 8.70. The number of benzene rings is 3. The van der Waals surface area contributed by atoms with E-state index < -0.39 is 0 Å². The van der Waals surface area contributed by atoms with E-state index in [9.17, 15) is 4.79 Å². The number of para-hydroxylation sites is 1. The maximum atomic E-state index is 13.2. The number of rotatable bonds is 4. The van der Waals surface area contributed by atoms with Crippen LogP contribution in [0.15, 0.2) is 85.1 Å². The second kappa shape index (κ2) is 7.75. The minimum atomic E-state index is -0.0842. The molecule has 0 saturated heterocycles. The van der Waals surface area contributed by atoms with Crippen molar-refractivity contribution in [2.24, 2.45) is 0 Å². The summed E-state index contributed by atoms with van der Waals surface area (Å²) < 4.78 is 2.33. The molecule has 0 aliphatic heterocycles. The summed E-state index contributed by atoms with van der Waals surface area (Å²) in [5.41, 5.74) is 3.28. The molecule has 0 aliphatic rings. The van der Waals surface area contributed by atoms with E-state index in [0.29, 0.717) is 0 Å². The summed E-state index contributed by atoms with van der Waals surface area (Å²) in [6.07, 6.45) is 1.75. The van der Waals surface area contributed by atoms with Crippen LogP contribution in [0.4, 0.5) is 5.69 Å². The number of anilines is 1. The molecule has 0 aliphatic carbocycles. The van der Waals surface area contributed by atoms with Crippen molar-refractivity contribution in [3.8, 4) is 0 Å². The molecule has 3 nitrogen and oxygen atoms in total. The zero-order valence-corrected chi connectivity index (χ0v) is 16.6. The van der Waals surface area contributed by atoms with Crippen LogP contribution in [0.5, 0.6) is 0 Å². The zero-order valence-electron chi connectivity index (χ0n) is 14.8. The predicted molar refractivity (Wildman–Crippen MR) is 112 cm³/mol. The van der Waals surface area contributed by atoms with Crippen LogP contribution in [-0.2, 0) is 0 Å². The Labute approximate surface area is 164 Å². The van der Waals surface area contributed by atoms with Gasteiger partial charge in [0.25, 0.3) is 0 Å². The molecule has 132 valence electrons. The van der Waals surface area contributed by atoms with Gasteiger partial charge in [-0.15, -0.1) is 0 Å². The molecule has 0 radical (unpaired) electrons. The minimum absolute atomic E-state index is 0.0664. The number of carbonyl (C=O) groups excluding carboxylic acids is 1. The second-order valence-electron chi connectivity index (χ2n) is 6.20. The molecule has 4 rings (SSSR count). The Morgan fingerprint density at radius 1 is 0.889 bits per heavy atom. The molecule has 0 unspecified atom stereocenters. The fourth-order valence-electron chi connectivity index (χ4n) is 3.02. The molecule has 1 N–H and O–H groups in total. The van der Waals surface area contributed by atoms with Crippen LogP contribution in [0.25, 0.3) is 10.9 Å². The van der Waals surface area contributed by atoms with E-state index >= 15 is 0 Å². The van der Waals surface area contributed by atoms with Gasteiger partial charge in [0.2, 0.25) is 0 Å². The molecule has 4 aromatic rings. The topological polar surface area (TPSA) is 42.0 Å². The van der Waals surface area contributed by atoms with E-state index in [2.05, 4.69) is 28.5 Å². The van der Waals surface area contributed by atoms with E-state index in [1.54, 1.807) is 6.20 Å². The van der Waals surface area contributed by atoms with Crippen LogP contribution in [0.2, 0.25) is 0 Å². The van der Waals surface area contributed by atoms with Gasteiger partial charge in [-0.05, 0) is 0 Å². The fourth-order valence-corrected chi connectivity index (χ4v) is 5.22. The molecule has 1 heterocycles. The molecule has 0 atom stereocenters. The number of pyridine rings is 1. The number of fused-ring (bicyclic) bond motifs is 1. The SMILES string of the molecule is Cc1cccc([Se]c2ccccc2)c1C(=O)Nc1cccc2cccnc12. The summed E-state index contributed by atoms with van der Waals surface area (Å²) in [6, 6.07) is 26.1. The molecule has 0 bridgehead atoms. The Balaban J connectivity index is 1.69. The Morgan fingerprint density at radius 2 is 1.67 bits per heavy atom. The molecule has 3 aromatic carbocycles. The normalized spacial score (nSPS) is 10.7. The number of hydrogen-bond donors (Lipinski definition) is 1. The van der Waals surface area contributed by atoms with Gasteiger partial charge in [-0.3, -0.25) is 0 Å². The van der Waals surface area contributed by atoms with Crippen molar-refractivity contribution in [2.45, 2.75) is 6.92 Å². The summed E-state index contributed by atoms with van der Waals surface area (Å²) in [7, 11) is 0. The molecule has 0 saturated carbocycles. The van der Waals surface area contributed by atoms with Crippen LogP contribution in [0.3, 0.4) is 0 Å². The quantitative estimate of drug-likeness (QED) is 0.517. The van der Waals surface area contributed by atoms with Crippen LogP contribution < -0.4 is 14.2 Å². The van der Waals surface area contributed by atoms with E-state index in [0.717, 1.165) is 32.2 Å². The molecular weight excluding hydrogens is 399 g/mol. The third kappa shape index (κ3) is 3.77. The maximum absolute atomic E-state index is 13.2. The molecular formula is C23H18N2OSe. The fraction of sp³-hybridized carbons (Fsp3) is 0.0435. The van der Waals surface area contributed by atoms with Crippen LogP contribution >= 0.6 is 0 Å². The summed E-state index contributed by atoms with van der Waals surface area (Å²) in [6.45, 7) is 1.99. The van der Waals surface area contributed by atoms with Crippen molar-refractivity contribution in [1.82, 2.24) is 4.98 Å². The van der Waals surface area contributed by atoms with E-state index in [1.807, 2.05) is 67.6 Å². The number of hydrogen-bond acceptors (Lipinski definition) is 2. The molecule has 0 spiro atoms. The summed E-state index contributed by atoms with van der Waals surface area (Å²) in [5, 5.41) is 4.08. The standard InChI is InChI=1S/C23H18N2OSe/c1-16-8-5-14-20(27-18-11-3-2-4-12-18)21(16)23(26)25-19-13-6-9-17-10-7-15-24-22(17)19/h2-15H,1H3,(H,25,26). The number of carbonyl (C=O) groups is 1. The molecule has 0 fully saturated rings. The van der Waals surface area contributed by atoms with E-state index in [4.69, 9.17) is 0 Å². The molecule has 27 heavy (non-hydrogen) atoms. The third-order valence-corrected chi connectivity index (χ3v) is 6.55. The Morgan fingerprint density at radius 3 is 2.52 bits per heavy atom. The first-order chi connectivity index (χ1) is 13.2. The third-order valence-electron chi connectivity index (χ3n) is 4.31. The van der Waals surface area contributed by atoms with Crippen LogP contribution in [-0.4, -0.2) is 25.8 Å². The van der Waals surface area contributed by atoms with Gasteiger partial charge < -0.3 is 0 Å². The zero-order chi connectivity index (χ0) is 18.6. The Bertz CT molecular complexity index is 1100. The monoisotopic (exact) mass is 418 g/mol. The van der Waals surface area contributed by atoms with Gasteiger partial charge in [0.1, 0.15) is 0 Å². The van der Waals surface area contributed by atoms with Gasteiger partial charge in [-0.1, -0.05) is 0 Å². The summed E-state index contributed by atoms with van der Waals surface area (Å²) in [5.74, 6) is -0.0842. The van der Waals surface area contributed by atoms with Gasteiger partial charge >= 0.3 is 165 Å². The van der Waals surface area contributed by atoms with E-state index in [1.165, 1.54) is 4.46 Å². The summed E-state index contributed by atoms with van der Waals surface area (Å²) >= 11 is 0.0664. The van der Waals surface area contributed by atoms with E-state index in [-0.39, 0.29) is 20.9 Å². The molecule has 1 aromatic heterocycles. The van der Waals surface area contributed by atoms with Crippen LogP contribution in [0.1, 0.15) is 15.9 Å². The average molecular weight is 417 g/mol. The van der Waals surface area contributed by atoms with Gasteiger partial charge in [0.15, 0.2) is 0 Å². The van der Waals surface area contributed by atoms with Crippen molar-refractivity contribution < 1.29 is 4.79 Å². The van der Waals surface area contributed by atoms with Crippen molar-refractivity contribution in [3.63, 3.8) is 0 Å². The number of aromatic nitrogens is 1. The molecule has 1 amide bonds. The molecule has 4 heteroatoms. The summed E-state index contributed by atoms with van der Waals surface area (Å²) in [4.78, 5) is 17.6. The first kappa shape index (κ1) is 17.5. The van der Waals surface area contributed by atoms with Crippen molar-refractivity contribution in [1.29, 1.82) is 0 Å². The van der Waals surface area contributed by atoms with Crippen molar-refractivity contribution in [2.75, 3.05) is 5.32 Å². The Kier molecular flexibility index (Phi) is 5.01. The van der Waals surface area contributed by atoms with Gasteiger partial charge in [0, 0.05) is 0 Å². The predicted octanol–water partition coefficient (Wildman–Crippen LogP) is 3.45. The van der Waals surface area contributed by atoms with Gasteiger partial charge in [0.05, 0.1) is 0 Å². The number of aryl methyl sites for hydroxylation is 1. The van der Waals surface area contributed by atoms with Gasteiger partial charge in [-0.25, -0.2) is 0 Å². The second-order valence-corrected chi connectivity index (χ2v) is 8.54. The van der Waals surface area contributed by atoms with Crippen molar-refractivity contribution in [3.05, 3.63) is 96.2 Å². The van der Waals surface area contributed by atoms with Crippen molar-refractivity contribution >= 4 is 46.4 Å². The number of nitrogens with one attached hydrogen (secondary N) is 1. The first-order valence-corrected chi connectivity index (χ1v) is 10.4. The van der Waals surface area contributed by atoms with Crippen LogP contribution in [0, 0.1) is 6.92 Å². The Hall–Kier alpha value is -2.94.